The van der Waals surface area contributed by atoms with Gasteiger partial charge in [-0.1, -0.05) is 24.6 Å². The van der Waals surface area contributed by atoms with Crippen molar-refractivity contribution >= 4 is 17.3 Å². The van der Waals surface area contributed by atoms with E-state index in [0.717, 1.165) is 24.5 Å². The van der Waals surface area contributed by atoms with E-state index in [1.165, 1.54) is 11.3 Å². The van der Waals surface area contributed by atoms with Gasteiger partial charge in [-0.05, 0) is 45.0 Å². The number of hydrogen-bond acceptors (Lipinski definition) is 2. The first-order valence-electron chi connectivity index (χ1n) is 6.78. The minimum atomic E-state index is 0.565. The van der Waals surface area contributed by atoms with E-state index in [2.05, 4.69) is 55.8 Å². The molecule has 1 aromatic carbocycles. The summed E-state index contributed by atoms with van der Waals surface area (Å²) in [5.41, 5.74) is 2.49. The molecule has 1 aliphatic rings. The molecule has 0 bridgehead atoms. The first-order valence-corrected chi connectivity index (χ1v) is 7.16. The van der Waals surface area contributed by atoms with Gasteiger partial charge in [-0.3, -0.25) is 4.90 Å². The Bertz CT molecular complexity index is 407. The Morgan fingerprint density at radius 3 is 2.33 bits per heavy atom. The molecule has 18 heavy (non-hydrogen) atoms. The first kappa shape index (κ1) is 13.7. The molecular weight excluding hydrogens is 244 g/mol. The predicted octanol–water partition coefficient (Wildman–Crippen LogP) is 3.43. The number of likely N-dealkylation sites (N-methyl/N-ethyl adjacent to an activating group) is 1. The molecule has 1 saturated heterocycles. The highest BCUT2D eigenvalue weighted by Crippen LogP contribution is 2.29. The summed E-state index contributed by atoms with van der Waals surface area (Å²) in [5.74, 6) is 0. The summed E-state index contributed by atoms with van der Waals surface area (Å²) >= 11 is 6.42. The fraction of sp³-hybridized carbons (Fsp3) is 0.600. The van der Waals surface area contributed by atoms with Crippen LogP contribution in [0.2, 0.25) is 5.02 Å². The lowest BCUT2D eigenvalue weighted by atomic mass is 10.1. The predicted molar refractivity (Wildman–Crippen MR) is 79.7 cm³/mol. The molecule has 1 aliphatic heterocycles. The number of piperazine rings is 1. The highest BCUT2D eigenvalue weighted by atomic mass is 35.5. The second kappa shape index (κ2) is 5.50. The Balaban J connectivity index is 2.21. The maximum Gasteiger partial charge on any atom is 0.0642 e. The maximum atomic E-state index is 6.42. The molecule has 3 heteroatoms. The summed E-state index contributed by atoms with van der Waals surface area (Å²) in [7, 11) is 2.20. The Hall–Kier alpha value is -0.730. The lowest BCUT2D eigenvalue weighted by Gasteiger charge is -2.43. The van der Waals surface area contributed by atoms with Gasteiger partial charge in [0.1, 0.15) is 0 Å². The molecule has 0 radical (unpaired) electrons. The van der Waals surface area contributed by atoms with Crippen LogP contribution in [0, 0.1) is 0 Å². The molecule has 2 rings (SSSR count). The fourth-order valence-corrected chi connectivity index (χ4v) is 2.95. The zero-order chi connectivity index (χ0) is 13.3. The molecule has 0 saturated carbocycles. The van der Waals surface area contributed by atoms with Gasteiger partial charge in [0.25, 0.3) is 0 Å². The largest absolute Gasteiger partial charge is 0.367 e. The van der Waals surface area contributed by atoms with Crippen LogP contribution in [0.5, 0.6) is 0 Å². The van der Waals surface area contributed by atoms with Gasteiger partial charge in [0, 0.05) is 25.2 Å². The van der Waals surface area contributed by atoms with Gasteiger partial charge < -0.3 is 4.90 Å². The highest BCUT2D eigenvalue weighted by Gasteiger charge is 2.27. The van der Waals surface area contributed by atoms with Gasteiger partial charge in [-0.15, -0.1) is 0 Å². The quantitative estimate of drug-likeness (QED) is 0.809. The molecule has 1 heterocycles. The van der Waals surface area contributed by atoms with E-state index >= 15 is 0 Å². The molecule has 0 spiro atoms. The van der Waals surface area contributed by atoms with E-state index in [1.807, 2.05) is 0 Å². The molecule has 1 fully saturated rings. The Labute approximate surface area is 116 Å². The number of rotatable bonds is 2. The van der Waals surface area contributed by atoms with E-state index in [1.54, 1.807) is 0 Å². The summed E-state index contributed by atoms with van der Waals surface area (Å²) in [6.07, 6.45) is 1.04. The van der Waals surface area contributed by atoms with Crippen LogP contribution in [0.25, 0.3) is 0 Å². The third-order valence-corrected chi connectivity index (χ3v) is 4.42. The highest BCUT2D eigenvalue weighted by molar-refractivity contribution is 6.33. The number of hydrogen-bond donors (Lipinski definition) is 0. The normalized spacial score (nSPS) is 25.5. The lowest BCUT2D eigenvalue weighted by Crippen LogP contribution is -2.55. The standard InChI is InChI=1S/C15H23ClN2/c1-5-13-6-7-15(14(16)8-13)18-9-11(2)17(4)12(3)10-18/h6-8,11-12H,5,9-10H2,1-4H3/t11-,12+. The van der Waals surface area contributed by atoms with E-state index in [4.69, 9.17) is 11.6 Å². The summed E-state index contributed by atoms with van der Waals surface area (Å²) in [6.45, 7) is 8.80. The number of benzene rings is 1. The molecule has 1 aromatic rings. The average molecular weight is 267 g/mol. The van der Waals surface area contributed by atoms with Crippen LogP contribution in [-0.2, 0) is 6.42 Å². The van der Waals surface area contributed by atoms with Crippen molar-refractivity contribution < 1.29 is 0 Å². The van der Waals surface area contributed by atoms with Gasteiger partial charge >= 0.3 is 0 Å². The topological polar surface area (TPSA) is 6.48 Å². The smallest absolute Gasteiger partial charge is 0.0642 e. The number of anilines is 1. The van der Waals surface area contributed by atoms with Gasteiger partial charge in [-0.2, -0.15) is 0 Å². The van der Waals surface area contributed by atoms with Gasteiger partial charge in [-0.25, -0.2) is 0 Å². The van der Waals surface area contributed by atoms with Crippen molar-refractivity contribution in [2.45, 2.75) is 39.3 Å². The monoisotopic (exact) mass is 266 g/mol. The summed E-state index contributed by atoms with van der Waals surface area (Å²) in [4.78, 5) is 4.85. The molecule has 0 N–H and O–H groups in total. The minimum Gasteiger partial charge on any atom is -0.367 e. The van der Waals surface area contributed by atoms with Crippen LogP contribution < -0.4 is 4.90 Å². The summed E-state index contributed by atoms with van der Waals surface area (Å²) in [6, 6.07) is 7.59. The molecule has 0 aliphatic carbocycles. The van der Waals surface area contributed by atoms with Crippen molar-refractivity contribution in [2.75, 3.05) is 25.0 Å². The molecule has 0 aromatic heterocycles. The van der Waals surface area contributed by atoms with Crippen molar-refractivity contribution in [2.24, 2.45) is 0 Å². The third-order valence-electron chi connectivity index (χ3n) is 4.12. The first-order chi connectivity index (χ1) is 8.52. The third kappa shape index (κ3) is 2.65. The molecule has 0 unspecified atom stereocenters. The molecule has 2 nitrogen and oxygen atoms in total. The van der Waals surface area contributed by atoms with Crippen molar-refractivity contribution in [3.63, 3.8) is 0 Å². The van der Waals surface area contributed by atoms with Gasteiger partial charge in [0.05, 0.1) is 10.7 Å². The average Bonchev–Trinajstić information content (AvgIpc) is 2.35. The van der Waals surface area contributed by atoms with Crippen molar-refractivity contribution in [3.8, 4) is 0 Å². The van der Waals surface area contributed by atoms with E-state index in [-0.39, 0.29) is 0 Å². The van der Waals surface area contributed by atoms with Crippen molar-refractivity contribution in [1.82, 2.24) is 4.90 Å². The second-order valence-corrected chi connectivity index (χ2v) is 5.82. The van der Waals surface area contributed by atoms with Crippen molar-refractivity contribution in [1.29, 1.82) is 0 Å². The Morgan fingerprint density at radius 1 is 1.22 bits per heavy atom. The van der Waals surface area contributed by atoms with Crippen LogP contribution in [0.3, 0.4) is 0 Å². The SMILES string of the molecule is CCc1ccc(N2C[C@@H](C)N(C)[C@@H](C)C2)c(Cl)c1. The van der Waals surface area contributed by atoms with Gasteiger partial charge in [0.15, 0.2) is 0 Å². The Kier molecular flexibility index (Phi) is 4.18. The van der Waals surface area contributed by atoms with Gasteiger partial charge in [0.2, 0.25) is 0 Å². The summed E-state index contributed by atoms with van der Waals surface area (Å²) in [5, 5.41) is 0.887. The minimum absolute atomic E-state index is 0.565. The number of aryl methyl sites for hydroxylation is 1. The van der Waals surface area contributed by atoms with Crippen LogP contribution in [0.15, 0.2) is 18.2 Å². The lowest BCUT2D eigenvalue weighted by molar-refractivity contribution is 0.170. The molecule has 100 valence electrons. The van der Waals surface area contributed by atoms with Crippen LogP contribution in [0.4, 0.5) is 5.69 Å². The van der Waals surface area contributed by atoms with E-state index < -0.39 is 0 Å². The molecular formula is C15H23ClN2. The zero-order valence-electron chi connectivity index (χ0n) is 11.8. The van der Waals surface area contributed by atoms with E-state index in [9.17, 15) is 0 Å². The number of nitrogens with zero attached hydrogens (tertiary/aromatic N) is 2. The number of halogens is 1. The van der Waals surface area contributed by atoms with Crippen LogP contribution in [-0.4, -0.2) is 37.1 Å². The van der Waals surface area contributed by atoms with Crippen molar-refractivity contribution in [3.05, 3.63) is 28.8 Å². The zero-order valence-corrected chi connectivity index (χ0v) is 12.5. The fourth-order valence-electron chi connectivity index (χ4n) is 2.63. The maximum absolute atomic E-state index is 6.42. The Morgan fingerprint density at radius 2 is 1.83 bits per heavy atom. The summed E-state index contributed by atoms with van der Waals surface area (Å²) < 4.78 is 0. The van der Waals surface area contributed by atoms with Crippen LogP contribution >= 0.6 is 11.6 Å². The van der Waals surface area contributed by atoms with Crippen LogP contribution in [0.1, 0.15) is 26.3 Å². The molecule has 2 atom stereocenters. The second-order valence-electron chi connectivity index (χ2n) is 5.41. The molecule has 0 amide bonds. The van der Waals surface area contributed by atoms with E-state index in [0.29, 0.717) is 12.1 Å².